The summed E-state index contributed by atoms with van der Waals surface area (Å²) < 4.78 is 0. The van der Waals surface area contributed by atoms with Crippen molar-refractivity contribution < 1.29 is 9.07 Å². The minimum Gasteiger partial charge on any atom is -0.383 e. The van der Waals surface area contributed by atoms with E-state index in [-0.39, 0.29) is 15.9 Å². The number of aromatic nitrogens is 2. The number of nitrogens with one attached hydrogen (secondary N) is 1. The number of pyridine rings is 2. The monoisotopic (exact) mass is 365 g/mol. The highest BCUT2D eigenvalue weighted by atomic mass is 16.1. The average Bonchev–Trinajstić information content (AvgIpc) is 2.75. The number of carbonyl (C=O) groups is 1. The van der Waals surface area contributed by atoms with Gasteiger partial charge in [0.2, 0.25) is 5.78 Å². The molecule has 0 spiro atoms. The lowest BCUT2D eigenvalue weighted by atomic mass is 10.0. The number of anilines is 2. The number of rotatable bonds is 4. The number of carbonyl (C=O) groups excluding carboxylic acids is 1. The van der Waals surface area contributed by atoms with E-state index in [0.29, 0.717) is 11.3 Å². The van der Waals surface area contributed by atoms with Crippen molar-refractivity contribution in [2.45, 2.75) is 0 Å². The predicted molar refractivity (Wildman–Crippen MR) is 113 cm³/mol. The summed E-state index contributed by atoms with van der Waals surface area (Å²) in [5, 5.41) is 3.32. The molecule has 2 aromatic heterocycles. The summed E-state index contributed by atoms with van der Waals surface area (Å²) in [6, 6.07) is 17.1. The highest BCUT2D eigenvalue weighted by Gasteiger charge is 2.18. The standard InChI is InChI=1S/C21H21N5O.3H2/c22-21-17(13-16(14-24-21)15-5-2-1-3-6-15)20(27)18-7-4-8-19(25-18)26-11-9-23-10-12-26;;;/h1-8,13-14,23H,9-12H2,(H2,22,24);3*1H. The highest BCUT2D eigenvalue weighted by Crippen LogP contribution is 2.24. The van der Waals surface area contributed by atoms with Crippen LogP contribution in [0, 0.1) is 0 Å². The Hall–Kier alpha value is -3.25. The molecule has 0 atom stereocenters. The van der Waals surface area contributed by atoms with Crippen LogP contribution in [0.1, 0.15) is 20.3 Å². The van der Waals surface area contributed by atoms with Crippen molar-refractivity contribution in [3.8, 4) is 11.1 Å². The molecule has 0 aliphatic carbocycles. The van der Waals surface area contributed by atoms with E-state index in [1.807, 2.05) is 42.5 Å². The molecule has 142 valence electrons. The van der Waals surface area contributed by atoms with Crippen molar-refractivity contribution in [3.63, 3.8) is 0 Å². The van der Waals surface area contributed by atoms with Crippen molar-refractivity contribution in [1.82, 2.24) is 15.3 Å². The van der Waals surface area contributed by atoms with E-state index in [0.717, 1.165) is 43.1 Å². The lowest BCUT2D eigenvalue weighted by Crippen LogP contribution is -2.44. The number of piperazine rings is 1. The second kappa shape index (κ2) is 7.55. The van der Waals surface area contributed by atoms with Crippen LogP contribution in [0.5, 0.6) is 0 Å². The third-order valence-corrected chi connectivity index (χ3v) is 4.68. The maximum Gasteiger partial charge on any atom is 0.215 e. The first-order valence-electron chi connectivity index (χ1n) is 9.01. The van der Waals surface area contributed by atoms with Crippen LogP contribution >= 0.6 is 0 Å². The van der Waals surface area contributed by atoms with Gasteiger partial charge >= 0.3 is 0 Å². The molecule has 3 aromatic rings. The number of nitrogens with zero attached hydrogens (tertiary/aromatic N) is 3. The topological polar surface area (TPSA) is 84.1 Å². The normalized spacial score (nSPS) is 14.1. The van der Waals surface area contributed by atoms with Crippen LogP contribution in [0.25, 0.3) is 11.1 Å². The van der Waals surface area contributed by atoms with Crippen molar-refractivity contribution in [2.24, 2.45) is 0 Å². The second-order valence-electron chi connectivity index (χ2n) is 6.47. The van der Waals surface area contributed by atoms with Crippen LogP contribution in [0.4, 0.5) is 11.6 Å². The van der Waals surface area contributed by atoms with E-state index in [9.17, 15) is 4.79 Å². The molecule has 1 aliphatic rings. The highest BCUT2D eigenvalue weighted by molar-refractivity contribution is 6.11. The molecule has 1 aliphatic heterocycles. The lowest BCUT2D eigenvalue weighted by molar-refractivity contribution is 0.103. The predicted octanol–water partition coefficient (Wildman–Crippen LogP) is 3.10. The Morgan fingerprint density at radius 2 is 1.81 bits per heavy atom. The van der Waals surface area contributed by atoms with Gasteiger partial charge in [0.1, 0.15) is 17.3 Å². The van der Waals surface area contributed by atoms with E-state index in [1.165, 1.54) is 0 Å². The summed E-state index contributed by atoms with van der Waals surface area (Å²) in [5.41, 5.74) is 8.60. The van der Waals surface area contributed by atoms with Gasteiger partial charge in [0, 0.05) is 42.2 Å². The van der Waals surface area contributed by atoms with Crippen LogP contribution in [0.2, 0.25) is 0 Å². The van der Waals surface area contributed by atoms with Crippen LogP contribution in [-0.2, 0) is 0 Å². The van der Waals surface area contributed by atoms with E-state index in [2.05, 4.69) is 20.2 Å². The van der Waals surface area contributed by atoms with Gasteiger partial charge in [-0.15, -0.1) is 0 Å². The SMILES string of the molecule is Nc1ncc(-c2ccccc2)cc1C(=O)c1cccc(N2CCNCC2)n1.[HH].[HH].[HH]. The molecule has 3 N–H and O–H groups in total. The fourth-order valence-corrected chi connectivity index (χ4v) is 3.20. The molecule has 6 nitrogen and oxygen atoms in total. The number of hydrogen-bond donors (Lipinski definition) is 2. The molecular formula is C21H27N5O. The summed E-state index contributed by atoms with van der Waals surface area (Å²) in [4.78, 5) is 24.1. The summed E-state index contributed by atoms with van der Waals surface area (Å²) in [6.45, 7) is 3.57. The van der Waals surface area contributed by atoms with Gasteiger partial charge in [0.25, 0.3) is 0 Å². The first-order chi connectivity index (χ1) is 13.2. The van der Waals surface area contributed by atoms with Crippen molar-refractivity contribution in [1.29, 1.82) is 0 Å². The lowest BCUT2D eigenvalue weighted by Gasteiger charge is -2.28. The van der Waals surface area contributed by atoms with Gasteiger partial charge in [0.05, 0.1) is 5.56 Å². The molecule has 1 aromatic carbocycles. The molecule has 1 saturated heterocycles. The third kappa shape index (κ3) is 3.66. The average molecular weight is 365 g/mol. The Labute approximate surface area is 162 Å². The van der Waals surface area contributed by atoms with Gasteiger partial charge < -0.3 is 16.0 Å². The maximum absolute atomic E-state index is 13.1. The van der Waals surface area contributed by atoms with Crippen LogP contribution in [-0.4, -0.2) is 41.9 Å². The zero-order valence-corrected chi connectivity index (χ0v) is 14.9. The molecule has 6 heteroatoms. The molecule has 4 rings (SSSR count). The Balaban J connectivity index is 0.00000150. The Kier molecular flexibility index (Phi) is 4.80. The van der Waals surface area contributed by atoms with Gasteiger partial charge in [-0.05, 0) is 23.8 Å². The third-order valence-electron chi connectivity index (χ3n) is 4.68. The molecule has 0 bridgehead atoms. The fraction of sp³-hybridized carbons (Fsp3) is 0.190. The minimum absolute atomic E-state index is 0. The number of ketones is 1. The summed E-state index contributed by atoms with van der Waals surface area (Å²) in [6.07, 6.45) is 1.69. The summed E-state index contributed by atoms with van der Waals surface area (Å²) >= 11 is 0. The Bertz CT molecular complexity index is 966. The zero-order chi connectivity index (χ0) is 18.6. The van der Waals surface area contributed by atoms with Crippen molar-refractivity contribution >= 4 is 17.4 Å². The smallest absolute Gasteiger partial charge is 0.215 e. The molecule has 27 heavy (non-hydrogen) atoms. The molecular weight excluding hydrogens is 338 g/mol. The van der Waals surface area contributed by atoms with Crippen LogP contribution < -0.4 is 16.0 Å². The second-order valence-corrected chi connectivity index (χ2v) is 6.47. The van der Waals surface area contributed by atoms with Crippen LogP contribution in [0.3, 0.4) is 0 Å². The first-order valence-corrected chi connectivity index (χ1v) is 9.01. The molecule has 3 heterocycles. The van der Waals surface area contributed by atoms with Crippen LogP contribution in [0.15, 0.2) is 60.8 Å². The number of nitrogen functional groups attached to an aromatic ring is 1. The van der Waals surface area contributed by atoms with E-state index in [1.54, 1.807) is 18.3 Å². The van der Waals surface area contributed by atoms with Gasteiger partial charge in [-0.3, -0.25) is 4.79 Å². The Morgan fingerprint density at radius 1 is 1.04 bits per heavy atom. The number of nitrogens with two attached hydrogens (primary N) is 1. The molecule has 0 amide bonds. The minimum atomic E-state index is -0.213. The Morgan fingerprint density at radius 3 is 2.59 bits per heavy atom. The number of hydrogen-bond acceptors (Lipinski definition) is 6. The molecule has 0 saturated carbocycles. The number of benzene rings is 1. The molecule has 1 fully saturated rings. The zero-order valence-electron chi connectivity index (χ0n) is 14.9. The van der Waals surface area contributed by atoms with Gasteiger partial charge in [-0.1, -0.05) is 36.4 Å². The molecule has 0 radical (unpaired) electrons. The van der Waals surface area contributed by atoms with E-state index >= 15 is 0 Å². The largest absolute Gasteiger partial charge is 0.383 e. The fourth-order valence-electron chi connectivity index (χ4n) is 3.20. The van der Waals surface area contributed by atoms with Crippen molar-refractivity contribution in [2.75, 3.05) is 36.8 Å². The van der Waals surface area contributed by atoms with E-state index in [4.69, 9.17) is 5.73 Å². The maximum atomic E-state index is 13.1. The van der Waals surface area contributed by atoms with Gasteiger partial charge in [-0.2, -0.15) is 0 Å². The van der Waals surface area contributed by atoms with E-state index < -0.39 is 0 Å². The summed E-state index contributed by atoms with van der Waals surface area (Å²) in [7, 11) is 0. The summed E-state index contributed by atoms with van der Waals surface area (Å²) in [5.74, 6) is 0.817. The first kappa shape index (κ1) is 17.2. The van der Waals surface area contributed by atoms with Crippen molar-refractivity contribution in [3.05, 3.63) is 72.1 Å². The van der Waals surface area contributed by atoms with Gasteiger partial charge in [-0.25, -0.2) is 9.97 Å². The van der Waals surface area contributed by atoms with Gasteiger partial charge in [0.15, 0.2) is 0 Å². The molecule has 0 unspecified atom stereocenters. The quantitative estimate of drug-likeness (QED) is 0.691.